The van der Waals surface area contributed by atoms with Gasteiger partial charge in [0, 0.05) is 6.04 Å². The van der Waals surface area contributed by atoms with Crippen LogP contribution in [0.15, 0.2) is 0 Å². The second kappa shape index (κ2) is 9.04. The van der Waals surface area contributed by atoms with Crippen molar-refractivity contribution in [1.29, 1.82) is 0 Å². The van der Waals surface area contributed by atoms with Crippen LogP contribution in [0.25, 0.3) is 0 Å². The predicted octanol–water partition coefficient (Wildman–Crippen LogP) is 4.64. The molecule has 16 heavy (non-hydrogen) atoms. The minimum Gasteiger partial charge on any atom is -0.327 e. The van der Waals surface area contributed by atoms with Crippen molar-refractivity contribution in [3.05, 3.63) is 0 Å². The van der Waals surface area contributed by atoms with Gasteiger partial charge in [0.15, 0.2) is 0 Å². The number of hydrogen-bond acceptors (Lipinski definition) is 1. The van der Waals surface area contributed by atoms with Crippen molar-refractivity contribution >= 4 is 0 Å². The highest BCUT2D eigenvalue weighted by Crippen LogP contribution is 2.26. The average molecular weight is 225 g/mol. The quantitative estimate of drug-likeness (QED) is 0.654. The van der Waals surface area contributed by atoms with Crippen molar-refractivity contribution in [2.75, 3.05) is 0 Å². The number of nitrogens with two attached hydrogens (primary N) is 1. The van der Waals surface area contributed by atoms with Gasteiger partial charge in [-0.15, -0.1) is 0 Å². The van der Waals surface area contributed by atoms with E-state index >= 15 is 0 Å². The largest absolute Gasteiger partial charge is 0.327 e. The molecule has 96 valence electrons. The minimum absolute atomic E-state index is 0.495. The van der Waals surface area contributed by atoms with Crippen molar-refractivity contribution < 1.29 is 0 Å². The van der Waals surface area contributed by atoms with Crippen molar-refractivity contribution in [2.45, 2.75) is 90.0 Å². The maximum absolute atomic E-state index is 6.35. The Hall–Kier alpha value is -0.0400. The summed E-state index contributed by atoms with van der Waals surface area (Å²) < 4.78 is 0. The molecule has 1 fully saturated rings. The Morgan fingerprint density at radius 2 is 1.56 bits per heavy atom. The molecule has 1 rings (SSSR count). The Kier molecular flexibility index (Phi) is 7.92. The summed E-state index contributed by atoms with van der Waals surface area (Å²) in [5, 5.41) is 0. The van der Waals surface area contributed by atoms with Crippen LogP contribution in [-0.4, -0.2) is 6.04 Å². The molecule has 1 aliphatic carbocycles. The van der Waals surface area contributed by atoms with Crippen LogP contribution in [0.1, 0.15) is 84.0 Å². The zero-order valence-electron chi connectivity index (χ0n) is 11.2. The highest BCUT2D eigenvalue weighted by molar-refractivity contribution is 4.74. The van der Waals surface area contributed by atoms with Gasteiger partial charge in [0.2, 0.25) is 0 Å². The molecule has 0 spiro atoms. The molecule has 1 heteroatoms. The molecule has 0 aromatic rings. The molecule has 2 N–H and O–H groups in total. The summed E-state index contributed by atoms with van der Waals surface area (Å²) in [4.78, 5) is 0. The van der Waals surface area contributed by atoms with Crippen molar-refractivity contribution in [1.82, 2.24) is 0 Å². The van der Waals surface area contributed by atoms with Gasteiger partial charge in [-0.3, -0.25) is 0 Å². The SMILES string of the molecule is CCCCCCC(N)C1CCCCCCC1. The van der Waals surface area contributed by atoms with E-state index in [1.165, 1.54) is 77.0 Å². The maximum Gasteiger partial charge on any atom is 0.00671 e. The van der Waals surface area contributed by atoms with Gasteiger partial charge in [0.05, 0.1) is 0 Å². The Balaban J connectivity index is 2.14. The van der Waals surface area contributed by atoms with E-state index < -0.39 is 0 Å². The fourth-order valence-electron chi connectivity index (χ4n) is 2.96. The van der Waals surface area contributed by atoms with E-state index in [1.807, 2.05) is 0 Å². The molecule has 0 radical (unpaired) electrons. The fourth-order valence-corrected chi connectivity index (χ4v) is 2.96. The molecular weight excluding hydrogens is 194 g/mol. The van der Waals surface area contributed by atoms with Gasteiger partial charge in [-0.05, 0) is 25.2 Å². The van der Waals surface area contributed by atoms with Gasteiger partial charge in [-0.1, -0.05) is 64.7 Å². The first-order valence-electron chi connectivity index (χ1n) is 7.60. The smallest absolute Gasteiger partial charge is 0.00671 e. The van der Waals surface area contributed by atoms with E-state index in [2.05, 4.69) is 6.92 Å². The summed E-state index contributed by atoms with van der Waals surface area (Å²) in [5.41, 5.74) is 6.35. The molecule has 0 aromatic heterocycles. The summed E-state index contributed by atoms with van der Waals surface area (Å²) in [7, 11) is 0. The molecule has 0 bridgehead atoms. The first-order valence-corrected chi connectivity index (χ1v) is 7.60. The molecule has 1 atom stereocenters. The monoisotopic (exact) mass is 225 g/mol. The predicted molar refractivity (Wildman–Crippen MR) is 72.5 cm³/mol. The molecule has 1 saturated carbocycles. The van der Waals surface area contributed by atoms with Crippen LogP contribution < -0.4 is 5.73 Å². The summed E-state index contributed by atoms with van der Waals surface area (Å²) in [6.45, 7) is 2.27. The summed E-state index contributed by atoms with van der Waals surface area (Å²) >= 11 is 0. The second-order valence-corrected chi connectivity index (χ2v) is 5.62. The van der Waals surface area contributed by atoms with Crippen LogP contribution in [0, 0.1) is 5.92 Å². The van der Waals surface area contributed by atoms with Gasteiger partial charge >= 0.3 is 0 Å². The van der Waals surface area contributed by atoms with Crippen molar-refractivity contribution in [2.24, 2.45) is 11.7 Å². The topological polar surface area (TPSA) is 26.0 Å². The summed E-state index contributed by atoms with van der Waals surface area (Å²) in [6, 6.07) is 0.495. The minimum atomic E-state index is 0.495. The van der Waals surface area contributed by atoms with Gasteiger partial charge < -0.3 is 5.73 Å². The van der Waals surface area contributed by atoms with Crippen LogP contribution in [0.2, 0.25) is 0 Å². The van der Waals surface area contributed by atoms with Gasteiger partial charge in [0.25, 0.3) is 0 Å². The lowest BCUT2D eigenvalue weighted by Crippen LogP contribution is -2.30. The van der Waals surface area contributed by atoms with Crippen LogP contribution in [-0.2, 0) is 0 Å². The van der Waals surface area contributed by atoms with Crippen LogP contribution in [0.3, 0.4) is 0 Å². The number of hydrogen-bond donors (Lipinski definition) is 1. The van der Waals surface area contributed by atoms with Crippen LogP contribution in [0.5, 0.6) is 0 Å². The first-order chi connectivity index (χ1) is 7.84. The molecule has 0 aliphatic heterocycles. The molecule has 1 aliphatic rings. The first kappa shape index (κ1) is 14.0. The lowest BCUT2D eigenvalue weighted by molar-refractivity contribution is 0.307. The van der Waals surface area contributed by atoms with E-state index in [1.54, 1.807) is 0 Å². The van der Waals surface area contributed by atoms with Crippen LogP contribution >= 0.6 is 0 Å². The normalized spacial score (nSPS) is 21.4. The zero-order chi connectivity index (χ0) is 11.6. The summed E-state index contributed by atoms with van der Waals surface area (Å²) in [5.74, 6) is 0.835. The van der Waals surface area contributed by atoms with Crippen molar-refractivity contribution in [3.8, 4) is 0 Å². The zero-order valence-corrected chi connectivity index (χ0v) is 11.2. The molecular formula is C15H31N. The van der Waals surface area contributed by atoms with Crippen LogP contribution in [0.4, 0.5) is 0 Å². The van der Waals surface area contributed by atoms with E-state index in [9.17, 15) is 0 Å². The van der Waals surface area contributed by atoms with Gasteiger partial charge in [-0.2, -0.15) is 0 Å². The standard InChI is InChI=1S/C15H31N/c1-2-3-4-10-13-15(16)14-11-8-6-5-7-9-12-14/h14-15H,2-13,16H2,1H3. The Morgan fingerprint density at radius 3 is 2.19 bits per heavy atom. The average Bonchev–Trinajstić information content (AvgIpc) is 2.23. The molecule has 1 unspecified atom stereocenters. The Morgan fingerprint density at radius 1 is 0.938 bits per heavy atom. The highest BCUT2D eigenvalue weighted by Gasteiger charge is 2.18. The van der Waals surface area contributed by atoms with E-state index in [0.717, 1.165) is 5.92 Å². The third-order valence-electron chi connectivity index (χ3n) is 4.15. The fraction of sp³-hybridized carbons (Fsp3) is 1.00. The van der Waals surface area contributed by atoms with Gasteiger partial charge in [-0.25, -0.2) is 0 Å². The molecule has 0 aromatic carbocycles. The molecule has 0 saturated heterocycles. The van der Waals surface area contributed by atoms with Crippen molar-refractivity contribution in [3.63, 3.8) is 0 Å². The highest BCUT2D eigenvalue weighted by atomic mass is 14.6. The van der Waals surface area contributed by atoms with Gasteiger partial charge in [0.1, 0.15) is 0 Å². The summed E-state index contributed by atoms with van der Waals surface area (Å²) in [6.07, 6.45) is 16.7. The molecule has 1 nitrogen and oxygen atoms in total. The van der Waals surface area contributed by atoms with E-state index in [0.29, 0.717) is 6.04 Å². The molecule has 0 heterocycles. The maximum atomic E-state index is 6.35. The lowest BCUT2D eigenvalue weighted by Gasteiger charge is -2.25. The second-order valence-electron chi connectivity index (χ2n) is 5.62. The Labute approximate surface area is 102 Å². The Bertz CT molecular complexity index is 148. The van der Waals surface area contributed by atoms with E-state index in [4.69, 9.17) is 5.73 Å². The number of unbranched alkanes of at least 4 members (excludes halogenated alkanes) is 3. The number of rotatable bonds is 6. The van der Waals surface area contributed by atoms with E-state index in [-0.39, 0.29) is 0 Å². The third kappa shape index (κ3) is 5.89. The lowest BCUT2D eigenvalue weighted by atomic mass is 9.84. The molecule has 0 amide bonds. The third-order valence-corrected chi connectivity index (χ3v) is 4.15.